The second kappa shape index (κ2) is 6.80. The molecule has 0 atom stereocenters. The minimum atomic E-state index is -2.35. The highest BCUT2D eigenvalue weighted by atomic mass is 19.3. The van der Waals surface area contributed by atoms with Gasteiger partial charge in [-0.1, -0.05) is 12.1 Å². The standard InChI is InChI=1S/C11H14F2N2O2/c12-10(13)6-15-5-8-1-3-9(4-2-8)17-7-11(14)16/h1-4,10,15H,5-7H2,(H2,14,16). The van der Waals surface area contributed by atoms with E-state index in [1.165, 1.54) is 0 Å². The minimum Gasteiger partial charge on any atom is -0.484 e. The molecule has 0 aliphatic carbocycles. The zero-order valence-electron chi connectivity index (χ0n) is 9.16. The third-order valence-corrected chi connectivity index (χ3v) is 1.93. The molecule has 6 heteroatoms. The number of hydrogen-bond donors (Lipinski definition) is 2. The number of hydrogen-bond acceptors (Lipinski definition) is 3. The van der Waals surface area contributed by atoms with Crippen LogP contribution in [0.2, 0.25) is 0 Å². The van der Waals surface area contributed by atoms with Crippen molar-refractivity contribution < 1.29 is 18.3 Å². The lowest BCUT2D eigenvalue weighted by atomic mass is 10.2. The summed E-state index contributed by atoms with van der Waals surface area (Å²) in [5.74, 6) is -0.0333. The van der Waals surface area contributed by atoms with E-state index < -0.39 is 12.3 Å². The van der Waals surface area contributed by atoms with E-state index in [2.05, 4.69) is 5.32 Å². The van der Waals surface area contributed by atoms with E-state index in [1.807, 2.05) is 0 Å². The first-order valence-electron chi connectivity index (χ1n) is 5.07. The van der Waals surface area contributed by atoms with Gasteiger partial charge in [0.05, 0.1) is 6.54 Å². The van der Waals surface area contributed by atoms with Crippen LogP contribution in [0.5, 0.6) is 5.75 Å². The van der Waals surface area contributed by atoms with Crippen LogP contribution in [0.1, 0.15) is 5.56 Å². The fourth-order valence-corrected chi connectivity index (χ4v) is 1.18. The maximum atomic E-state index is 11.9. The average Bonchev–Trinajstić information content (AvgIpc) is 2.27. The molecule has 0 unspecified atom stereocenters. The molecule has 1 rings (SSSR count). The van der Waals surface area contributed by atoms with Gasteiger partial charge in [-0.3, -0.25) is 4.79 Å². The number of alkyl halides is 2. The maximum absolute atomic E-state index is 11.9. The summed E-state index contributed by atoms with van der Waals surface area (Å²) in [4.78, 5) is 10.5. The molecule has 0 bridgehead atoms. The van der Waals surface area contributed by atoms with Crippen LogP contribution in [0.15, 0.2) is 24.3 Å². The Morgan fingerprint density at radius 2 is 2.00 bits per heavy atom. The van der Waals surface area contributed by atoms with Crippen molar-refractivity contribution in [3.05, 3.63) is 29.8 Å². The topological polar surface area (TPSA) is 64.4 Å². The second-order valence-electron chi connectivity index (χ2n) is 3.42. The smallest absolute Gasteiger partial charge is 0.255 e. The van der Waals surface area contributed by atoms with Crippen molar-refractivity contribution in [1.82, 2.24) is 5.32 Å². The highest BCUT2D eigenvalue weighted by Crippen LogP contribution is 2.11. The summed E-state index contributed by atoms with van der Waals surface area (Å²) >= 11 is 0. The van der Waals surface area contributed by atoms with E-state index in [4.69, 9.17) is 10.5 Å². The van der Waals surface area contributed by atoms with Crippen LogP contribution in [-0.2, 0) is 11.3 Å². The number of halogens is 2. The quantitative estimate of drug-likeness (QED) is 0.749. The summed E-state index contributed by atoms with van der Waals surface area (Å²) in [7, 11) is 0. The van der Waals surface area contributed by atoms with Crippen molar-refractivity contribution in [3.63, 3.8) is 0 Å². The average molecular weight is 244 g/mol. The van der Waals surface area contributed by atoms with Crippen molar-refractivity contribution in [1.29, 1.82) is 0 Å². The lowest BCUT2D eigenvalue weighted by Gasteiger charge is -2.06. The summed E-state index contributed by atoms with van der Waals surface area (Å²) < 4.78 is 28.8. The Bertz CT molecular complexity index is 355. The van der Waals surface area contributed by atoms with Gasteiger partial charge in [0.25, 0.3) is 12.3 Å². The number of carbonyl (C=O) groups is 1. The molecule has 1 aromatic rings. The monoisotopic (exact) mass is 244 g/mol. The van der Waals surface area contributed by atoms with Gasteiger partial charge in [0.1, 0.15) is 5.75 Å². The third kappa shape index (κ3) is 5.82. The molecule has 0 aliphatic heterocycles. The molecule has 0 saturated heterocycles. The van der Waals surface area contributed by atoms with Crippen LogP contribution in [0.3, 0.4) is 0 Å². The van der Waals surface area contributed by atoms with Crippen LogP contribution in [-0.4, -0.2) is 25.5 Å². The van der Waals surface area contributed by atoms with E-state index >= 15 is 0 Å². The molecule has 1 aromatic carbocycles. The number of benzene rings is 1. The number of nitrogens with one attached hydrogen (secondary N) is 1. The molecule has 0 aromatic heterocycles. The van der Waals surface area contributed by atoms with Gasteiger partial charge in [-0.2, -0.15) is 0 Å². The predicted octanol–water partition coefficient (Wildman–Crippen LogP) is 0.905. The lowest BCUT2D eigenvalue weighted by molar-refractivity contribution is -0.119. The van der Waals surface area contributed by atoms with E-state index in [0.29, 0.717) is 12.3 Å². The van der Waals surface area contributed by atoms with E-state index in [1.54, 1.807) is 24.3 Å². The van der Waals surface area contributed by atoms with Crippen LogP contribution >= 0.6 is 0 Å². The molecule has 17 heavy (non-hydrogen) atoms. The Kier molecular flexibility index (Phi) is 5.35. The number of rotatable bonds is 7. The fraction of sp³-hybridized carbons (Fsp3) is 0.364. The Hall–Kier alpha value is -1.69. The van der Waals surface area contributed by atoms with Crippen LogP contribution in [0.4, 0.5) is 8.78 Å². The van der Waals surface area contributed by atoms with Crippen LogP contribution in [0, 0.1) is 0 Å². The second-order valence-corrected chi connectivity index (χ2v) is 3.42. The Morgan fingerprint density at radius 3 is 2.53 bits per heavy atom. The summed E-state index contributed by atoms with van der Waals surface area (Å²) in [6, 6.07) is 6.77. The van der Waals surface area contributed by atoms with Gasteiger partial charge in [-0.05, 0) is 17.7 Å². The molecule has 3 N–H and O–H groups in total. The van der Waals surface area contributed by atoms with Crippen molar-refractivity contribution in [3.8, 4) is 5.75 Å². The van der Waals surface area contributed by atoms with E-state index in [-0.39, 0.29) is 13.2 Å². The molecular weight excluding hydrogens is 230 g/mol. The zero-order valence-corrected chi connectivity index (χ0v) is 9.16. The predicted molar refractivity (Wildman–Crippen MR) is 58.8 cm³/mol. The van der Waals surface area contributed by atoms with Gasteiger partial charge in [0, 0.05) is 6.54 Å². The first kappa shape index (κ1) is 13.4. The number of ether oxygens (including phenoxy) is 1. The Morgan fingerprint density at radius 1 is 1.35 bits per heavy atom. The van der Waals surface area contributed by atoms with Gasteiger partial charge in [0.2, 0.25) is 0 Å². The van der Waals surface area contributed by atoms with E-state index in [0.717, 1.165) is 5.56 Å². The molecule has 0 heterocycles. The van der Waals surface area contributed by atoms with Crippen LogP contribution in [0.25, 0.3) is 0 Å². The summed E-state index contributed by atoms with van der Waals surface area (Å²) in [5, 5.41) is 2.61. The van der Waals surface area contributed by atoms with Crippen molar-refractivity contribution in [2.75, 3.05) is 13.2 Å². The summed E-state index contributed by atoms with van der Waals surface area (Å²) in [6.07, 6.45) is -2.35. The fourth-order valence-electron chi connectivity index (χ4n) is 1.18. The normalized spacial score (nSPS) is 10.5. The van der Waals surface area contributed by atoms with Gasteiger partial charge < -0.3 is 15.8 Å². The van der Waals surface area contributed by atoms with E-state index in [9.17, 15) is 13.6 Å². The van der Waals surface area contributed by atoms with Crippen LogP contribution < -0.4 is 15.8 Å². The molecule has 0 aliphatic rings. The zero-order chi connectivity index (χ0) is 12.7. The molecule has 0 saturated carbocycles. The van der Waals surface area contributed by atoms with Crippen molar-refractivity contribution in [2.45, 2.75) is 13.0 Å². The minimum absolute atomic E-state index is 0.178. The largest absolute Gasteiger partial charge is 0.484 e. The molecule has 0 spiro atoms. The molecule has 1 amide bonds. The van der Waals surface area contributed by atoms with Gasteiger partial charge in [-0.15, -0.1) is 0 Å². The van der Waals surface area contributed by atoms with Gasteiger partial charge in [0.15, 0.2) is 6.61 Å². The van der Waals surface area contributed by atoms with Gasteiger partial charge >= 0.3 is 0 Å². The lowest BCUT2D eigenvalue weighted by Crippen LogP contribution is -2.21. The highest BCUT2D eigenvalue weighted by molar-refractivity contribution is 5.75. The Labute approximate surface area is 97.8 Å². The first-order valence-corrected chi connectivity index (χ1v) is 5.07. The number of amides is 1. The SMILES string of the molecule is NC(=O)COc1ccc(CNCC(F)F)cc1. The molecule has 94 valence electrons. The summed E-state index contributed by atoms with van der Waals surface area (Å²) in [5.41, 5.74) is 5.78. The molecule has 0 fully saturated rings. The van der Waals surface area contributed by atoms with Crippen molar-refractivity contribution >= 4 is 5.91 Å². The highest BCUT2D eigenvalue weighted by Gasteiger charge is 2.01. The molecular formula is C11H14F2N2O2. The molecule has 0 radical (unpaired) electrons. The number of primary amides is 1. The summed E-state index contributed by atoms with van der Waals surface area (Å²) in [6.45, 7) is -0.149. The Balaban J connectivity index is 2.36. The maximum Gasteiger partial charge on any atom is 0.255 e. The number of nitrogens with two attached hydrogens (primary N) is 1. The van der Waals surface area contributed by atoms with Gasteiger partial charge in [-0.25, -0.2) is 8.78 Å². The third-order valence-electron chi connectivity index (χ3n) is 1.93. The van der Waals surface area contributed by atoms with Crippen molar-refractivity contribution in [2.24, 2.45) is 5.73 Å². The first-order chi connectivity index (χ1) is 8.08. The number of carbonyl (C=O) groups excluding carboxylic acids is 1. The molecule has 4 nitrogen and oxygen atoms in total.